The van der Waals surface area contributed by atoms with Crippen molar-refractivity contribution in [3.05, 3.63) is 30.5 Å². The van der Waals surface area contributed by atoms with Crippen LogP contribution in [-0.2, 0) is 0 Å². The first kappa shape index (κ1) is 11.5. The van der Waals surface area contributed by atoms with Crippen molar-refractivity contribution in [1.29, 1.82) is 0 Å². The molecule has 1 heterocycles. The Balaban J connectivity index is 2.38. The summed E-state index contributed by atoms with van der Waals surface area (Å²) in [6.07, 6.45) is -2.83. The molecule has 0 spiro atoms. The summed E-state index contributed by atoms with van der Waals surface area (Å²) in [6.45, 7) is -1.08. The van der Waals surface area contributed by atoms with Gasteiger partial charge in [-0.2, -0.15) is 13.2 Å². The molecule has 3 N–H and O–H groups in total. The first-order chi connectivity index (χ1) is 7.97. The number of nitrogens with zero attached hydrogens (tertiary/aromatic N) is 1. The minimum absolute atomic E-state index is 0.375. The summed E-state index contributed by atoms with van der Waals surface area (Å²) in [5.41, 5.74) is 7.01. The van der Waals surface area contributed by atoms with Crippen LogP contribution in [0.1, 0.15) is 0 Å². The summed E-state index contributed by atoms with van der Waals surface area (Å²) in [6, 6.07) is 6.51. The number of nitrogen functional groups attached to an aromatic ring is 1. The van der Waals surface area contributed by atoms with Gasteiger partial charge in [0.1, 0.15) is 6.54 Å². The number of aromatic nitrogens is 1. The summed E-state index contributed by atoms with van der Waals surface area (Å²) in [4.78, 5) is 4.04. The topological polar surface area (TPSA) is 50.9 Å². The molecule has 2 aromatic rings. The number of anilines is 2. The lowest BCUT2D eigenvalue weighted by Gasteiger charge is -2.12. The average molecular weight is 241 g/mol. The molecule has 17 heavy (non-hydrogen) atoms. The molecule has 0 aliphatic heterocycles. The smallest absolute Gasteiger partial charge is 0.397 e. The van der Waals surface area contributed by atoms with Gasteiger partial charge in [-0.25, -0.2) is 0 Å². The second-order valence-corrected chi connectivity index (χ2v) is 3.57. The minimum Gasteiger partial charge on any atom is -0.397 e. The van der Waals surface area contributed by atoms with Crippen molar-refractivity contribution in [2.45, 2.75) is 6.18 Å². The van der Waals surface area contributed by atoms with Gasteiger partial charge in [-0.1, -0.05) is 12.1 Å². The van der Waals surface area contributed by atoms with E-state index in [9.17, 15) is 13.2 Å². The van der Waals surface area contributed by atoms with Gasteiger partial charge in [0.25, 0.3) is 0 Å². The van der Waals surface area contributed by atoms with Crippen LogP contribution in [0.15, 0.2) is 30.5 Å². The Morgan fingerprint density at radius 1 is 1.24 bits per heavy atom. The number of halogens is 3. The Morgan fingerprint density at radius 3 is 2.71 bits per heavy atom. The van der Waals surface area contributed by atoms with Crippen molar-refractivity contribution < 1.29 is 13.2 Å². The SMILES string of the molecule is Nc1cccc2c(NCC(F)(F)F)ccnc12. The molecule has 6 heteroatoms. The van der Waals surface area contributed by atoms with Crippen molar-refractivity contribution in [3.8, 4) is 0 Å². The molecular formula is C11H10F3N3. The molecule has 0 aliphatic carbocycles. The third kappa shape index (κ3) is 2.58. The summed E-state index contributed by atoms with van der Waals surface area (Å²) >= 11 is 0. The van der Waals surface area contributed by atoms with E-state index in [4.69, 9.17) is 5.73 Å². The summed E-state index contributed by atoms with van der Waals surface area (Å²) < 4.78 is 36.4. The zero-order chi connectivity index (χ0) is 12.5. The zero-order valence-electron chi connectivity index (χ0n) is 8.75. The Kier molecular flexibility index (Phi) is 2.79. The van der Waals surface area contributed by atoms with Gasteiger partial charge in [-0.15, -0.1) is 0 Å². The maximum atomic E-state index is 12.1. The number of alkyl halides is 3. The molecule has 3 nitrogen and oxygen atoms in total. The van der Waals surface area contributed by atoms with E-state index in [0.29, 0.717) is 22.3 Å². The van der Waals surface area contributed by atoms with Gasteiger partial charge in [0.05, 0.1) is 11.2 Å². The lowest BCUT2D eigenvalue weighted by molar-refractivity contribution is -0.115. The third-order valence-corrected chi connectivity index (χ3v) is 2.28. The van der Waals surface area contributed by atoms with Crippen LogP contribution in [0.2, 0.25) is 0 Å². The fourth-order valence-electron chi connectivity index (χ4n) is 1.55. The van der Waals surface area contributed by atoms with E-state index < -0.39 is 12.7 Å². The lowest BCUT2D eigenvalue weighted by atomic mass is 10.1. The molecule has 0 atom stereocenters. The van der Waals surface area contributed by atoms with E-state index in [1.165, 1.54) is 12.3 Å². The highest BCUT2D eigenvalue weighted by molar-refractivity contribution is 5.97. The molecule has 0 saturated carbocycles. The zero-order valence-corrected chi connectivity index (χ0v) is 8.75. The molecule has 0 amide bonds. The van der Waals surface area contributed by atoms with Gasteiger partial charge in [0.2, 0.25) is 0 Å². The van der Waals surface area contributed by atoms with Crippen LogP contribution in [0.3, 0.4) is 0 Å². The summed E-state index contributed by atoms with van der Waals surface area (Å²) in [5.74, 6) is 0. The number of rotatable bonds is 2. The highest BCUT2D eigenvalue weighted by atomic mass is 19.4. The normalized spacial score (nSPS) is 11.7. The molecule has 0 saturated heterocycles. The quantitative estimate of drug-likeness (QED) is 0.795. The van der Waals surface area contributed by atoms with Crippen molar-refractivity contribution in [2.75, 3.05) is 17.6 Å². The van der Waals surface area contributed by atoms with Crippen LogP contribution in [0.4, 0.5) is 24.5 Å². The molecule has 0 radical (unpaired) electrons. The standard InChI is InChI=1S/C11H10F3N3/c12-11(13,14)6-17-9-4-5-16-10-7(9)2-1-3-8(10)15/h1-5H,6,15H2,(H,16,17). The number of benzene rings is 1. The molecule has 1 aromatic carbocycles. The van der Waals surface area contributed by atoms with Crippen LogP contribution < -0.4 is 11.1 Å². The van der Waals surface area contributed by atoms with Gasteiger partial charge >= 0.3 is 6.18 Å². The van der Waals surface area contributed by atoms with E-state index >= 15 is 0 Å². The van der Waals surface area contributed by atoms with Crippen LogP contribution in [-0.4, -0.2) is 17.7 Å². The molecule has 2 rings (SSSR count). The minimum atomic E-state index is -4.25. The number of hydrogen-bond acceptors (Lipinski definition) is 3. The molecule has 0 fully saturated rings. The van der Waals surface area contributed by atoms with Gasteiger partial charge < -0.3 is 11.1 Å². The number of pyridine rings is 1. The van der Waals surface area contributed by atoms with Crippen molar-refractivity contribution in [2.24, 2.45) is 0 Å². The Morgan fingerprint density at radius 2 is 2.00 bits per heavy atom. The van der Waals surface area contributed by atoms with E-state index in [1.807, 2.05) is 0 Å². The van der Waals surface area contributed by atoms with Crippen LogP contribution >= 0.6 is 0 Å². The van der Waals surface area contributed by atoms with Gasteiger partial charge in [-0.05, 0) is 12.1 Å². The first-order valence-corrected chi connectivity index (χ1v) is 4.91. The number of fused-ring (bicyclic) bond motifs is 1. The molecular weight excluding hydrogens is 231 g/mol. The number of hydrogen-bond donors (Lipinski definition) is 2. The van der Waals surface area contributed by atoms with Crippen LogP contribution in [0.5, 0.6) is 0 Å². The fourth-order valence-corrected chi connectivity index (χ4v) is 1.55. The van der Waals surface area contributed by atoms with Crippen molar-refractivity contribution in [1.82, 2.24) is 4.98 Å². The Bertz CT molecular complexity index is 537. The van der Waals surface area contributed by atoms with E-state index in [-0.39, 0.29) is 0 Å². The number of nitrogens with one attached hydrogen (secondary N) is 1. The Labute approximate surface area is 95.4 Å². The van der Waals surface area contributed by atoms with Gasteiger partial charge in [0, 0.05) is 17.3 Å². The fraction of sp³-hybridized carbons (Fsp3) is 0.182. The largest absolute Gasteiger partial charge is 0.405 e. The second kappa shape index (κ2) is 4.12. The molecule has 0 bridgehead atoms. The van der Waals surface area contributed by atoms with Gasteiger partial charge in [0.15, 0.2) is 0 Å². The average Bonchev–Trinajstić information content (AvgIpc) is 2.26. The molecule has 1 aromatic heterocycles. The maximum Gasteiger partial charge on any atom is 0.405 e. The van der Waals surface area contributed by atoms with E-state index in [1.54, 1.807) is 18.2 Å². The van der Waals surface area contributed by atoms with Crippen molar-refractivity contribution in [3.63, 3.8) is 0 Å². The number of para-hydroxylation sites is 1. The summed E-state index contributed by atoms with van der Waals surface area (Å²) in [7, 11) is 0. The van der Waals surface area contributed by atoms with E-state index in [0.717, 1.165) is 0 Å². The molecule has 0 aliphatic rings. The van der Waals surface area contributed by atoms with Crippen LogP contribution in [0.25, 0.3) is 10.9 Å². The first-order valence-electron chi connectivity index (χ1n) is 4.91. The predicted octanol–water partition coefficient (Wildman–Crippen LogP) is 2.79. The monoisotopic (exact) mass is 241 g/mol. The second-order valence-electron chi connectivity index (χ2n) is 3.57. The molecule has 90 valence electrons. The van der Waals surface area contributed by atoms with Gasteiger partial charge in [-0.3, -0.25) is 4.98 Å². The van der Waals surface area contributed by atoms with E-state index in [2.05, 4.69) is 10.3 Å². The third-order valence-electron chi connectivity index (χ3n) is 2.28. The number of nitrogens with two attached hydrogens (primary N) is 1. The molecule has 0 unspecified atom stereocenters. The van der Waals surface area contributed by atoms with Crippen LogP contribution in [0, 0.1) is 0 Å². The highest BCUT2D eigenvalue weighted by Crippen LogP contribution is 2.26. The highest BCUT2D eigenvalue weighted by Gasteiger charge is 2.26. The summed E-state index contributed by atoms with van der Waals surface area (Å²) in [5, 5.41) is 2.91. The Hall–Kier alpha value is -1.98. The van der Waals surface area contributed by atoms with Crippen molar-refractivity contribution >= 4 is 22.3 Å². The lowest BCUT2D eigenvalue weighted by Crippen LogP contribution is -2.21. The predicted molar refractivity (Wildman–Crippen MR) is 60.7 cm³/mol. The maximum absolute atomic E-state index is 12.1.